The molecule has 5 nitrogen and oxygen atoms in total. The largest absolute Gasteiger partial charge is 0.480 e. The van der Waals surface area contributed by atoms with E-state index >= 15 is 0 Å². The summed E-state index contributed by atoms with van der Waals surface area (Å²) in [5.74, 6) is -1.07. The van der Waals surface area contributed by atoms with Crippen LogP contribution in [0.25, 0.3) is 0 Å². The lowest BCUT2D eigenvalue weighted by molar-refractivity contribution is -0.137. The van der Waals surface area contributed by atoms with Crippen molar-refractivity contribution in [2.45, 2.75) is 6.54 Å². The molecule has 0 amide bonds. The van der Waals surface area contributed by atoms with Gasteiger partial charge in [0, 0.05) is 6.20 Å². The van der Waals surface area contributed by atoms with Crippen molar-refractivity contribution in [2.75, 3.05) is 5.73 Å². The van der Waals surface area contributed by atoms with Gasteiger partial charge in [-0.25, -0.2) is 0 Å². The molecule has 0 bridgehead atoms. The Hall–Kier alpha value is -1.78. The molecule has 0 atom stereocenters. The van der Waals surface area contributed by atoms with Crippen LogP contribution in [0.15, 0.2) is 23.1 Å². The zero-order valence-electron chi connectivity index (χ0n) is 6.23. The number of carboxylic acid groups (broad SMARTS) is 1. The predicted octanol–water partition coefficient (Wildman–Crippen LogP) is -0.485. The number of carboxylic acids is 1. The van der Waals surface area contributed by atoms with E-state index in [1.165, 1.54) is 18.3 Å². The number of aromatic nitrogens is 1. The molecule has 3 N–H and O–H groups in total. The minimum absolute atomic E-state index is 0.0544. The summed E-state index contributed by atoms with van der Waals surface area (Å²) in [6.45, 7) is -0.357. The molecule has 0 aliphatic heterocycles. The summed E-state index contributed by atoms with van der Waals surface area (Å²) >= 11 is 0. The standard InChI is InChI=1S/C7H8N2O3/c8-5-2-1-3-9(7(5)12)4-6(10)11/h1-3H,4,8H2,(H,10,11). The molecule has 0 radical (unpaired) electrons. The van der Waals surface area contributed by atoms with Gasteiger partial charge >= 0.3 is 5.97 Å². The number of aliphatic carboxylic acids is 1. The van der Waals surface area contributed by atoms with Gasteiger partial charge in [-0.15, -0.1) is 0 Å². The highest BCUT2D eigenvalue weighted by Gasteiger charge is 2.02. The van der Waals surface area contributed by atoms with Crippen molar-refractivity contribution in [2.24, 2.45) is 0 Å². The normalized spacial score (nSPS) is 9.67. The average Bonchev–Trinajstić information content (AvgIpc) is 1.98. The van der Waals surface area contributed by atoms with Gasteiger partial charge in [-0.1, -0.05) is 0 Å². The average molecular weight is 168 g/mol. The van der Waals surface area contributed by atoms with Crippen molar-refractivity contribution in [1.29, 1.82) is 0 Å². The summed E-state index contributed by atoms with van der Waals surface area (Å²) < 4.78 is 1.04. The zero-order chi connectivity index (χ0) is 9.14. The minimum Gasteiger partial charge on any atom is -0.480 e. The summed E-state index contributed by atoms with van der Waals surface area (Å²) in [6.07, 6.45) is 1.38. The monoisotopic (exact) mass is 168 g/mol. The zero-order valence-corrected chi connectivity index (χ0v) is 6.23. The molecule has 12 heavy (non-hydrogen) atoms. The Balaban J connectivity index is 3.09. The molecule has 0 aromatic carbocycles. The first-order valence-electron chi connectivity index (χ1n) is 3.28. The first-order valence-corrected chi connectivity index (χ1v) is 3.28. The van der Waals surface area contributed by atoms with Crippen molar-refractivity contribution < 1.29 is 9.90 Å². The maximum atomic E-state index is 11.1. The first-order chi connectivity index (χ1) is 5.61. The van der Waals surface area contributed by atoms with E-state index < -0.39 is 11.5 Å². The highest BCUT2D eigenvalue weighted by atomic mass is 16.4. The van der Waals surface area contributed by atoms with Crippen LogP contribution in [0.2, 0.25) is 0 Å². The molecule has 0 aliphatic rings. The van der Waals surface area contributed by atoms with Gasteiger partial charge < -0.3 is 15.4 Å². The van der Waals surface area contributed by atoms with E-state index in [4.69, 9.17) is 10.8 Å². The Morgan fingerprint density at radius 2 is 2.33 bits per heavy atom. The van der Waals surface area contributed by atoms with Crippen LogP contribution in [-0.2, 0) is 11.3 Å². The van der Waals surface area contributed by atoms with Crippen LogP contribution in [0.4, 0.5) is 5.69 Å². The topological polar surface area (TPSA) is 85.3 Å². The molecule has 1 rings (SSSR count). The number of pyridine rings is 1. The second kappa shape index (κ2) is 3.08. The van der Waals surface area contributed by atoms with Crippen molar-refractivity contribution in [1.82, 2.24) is 4.57 Å². The van der Waals surface area contributed by atoms with Crippen molar-refractivity contribution >= 4 is 11.7 Å². The number of carbonyl (C=O) groups is 1. The quantitative estimate of drug-likeness (QED) is 0.624. The van der Waals surface area contributed by atoms with Gasteiger partial charge in [-0.2, -0.15) is 0 Å². The second-order valence-electron chi connectivity index (χ2n) is 2.29. The van der Waals surface area contributed by atoms with Crippen LogP contribution in [0, 0.1) is 0 Å². The number of nitrogens with two attached hydrogens (primary N) is 1. The van der Waals surface area contributed by atoms with Crippen LogP contribution in [0.1, 0.15) is 0 Å². The molecule has 0 spiro atoms. The summed E-state index contributed by atoms with van der Waals surface area (Å²) in [7, 11) is 0. The van der Waals surface area contributed by atoms with E-state index in [2.05, 4.69) is 0 Å². The Labute approximate surface area is 68.0 Å². The van der Waals surface area contributed by atoms with Crippen molar-refractivity contribution in [3.8, 4) is 0 Å². The van der Waals surface area contributed by atoms with Crippen LogP contribution in [0.3, 0.4) is 0 Å². The summed E-state index contributed by atoms with van der Waals surface area (Å²) in [5.41, 5.74) is 4.85. The third-order valence-electron chi connectivity index (χ3n) is 1.36. The Morgan fingerprint density at radius 3 is 2.92 bits per heavy atom. The van der Waals surface area contributed by atoms with Gasteiger partial charge in [0.2, 0.25) is 0 Å². The molecule has 0 unspecified atom stereocenters. The first kappa shape index (κ1) is 8.32. The number of hydrogen-bond donors (Lipinski definition) is 2. The molecule has 1 aromatic rings. The van der Waals surface area contributed by atoms with Crippen LogP contribution in [-0.4, -0.2) is 15.6 Å². The maximum absolute atomic E-state index is 11.1. The molecule has 0 aliphatic carbocycles. The molecular weight excluding hydrogens is 160 g/mol. The summed E-state index contributed by atoms with van der Waals surface area (Å²) in [4.78, 5) is 21.3. The van der Waals surface area contributed by atoms with Gasteiger partial charge in [-0.05, 0) is 12.1 Å². The van der Waals surface area contributed by atoms with Crippen LogP contribution >= 0.6 is 0 Å². The smallest absolute Gasteiger partial charge is 0.323 e. The number of rotatable bonds is 2. The van der Waals surface area contributed by atoms with Crippen molar-refractivity contribution in [3.05, 3.63) is 28.7 Å². The molecule has 5 heteroatoms. The van der Waals surface area contributed by atoms with Crippen molar-refractivity contribution in [3.63, 3.8) is 0 Å². The fourth-order valence-electron chi connectivity index (χ4n) is 0.826. The molecule has 64 valence electrons. The van der Waals surface area contributed by atoms with E-state index in [0.29, 0.717) is 0 Å². The third kappa shape index (κ3) is 1.63. The van der Waals surface area contributed by atoms with E-state index in [9.17, 15) is 9.59 Å². The fraction of sp³-hybridized carbons (Fsp3) is 0.143. The molecule has 0 saturated heterocycles. The molecule has 0 fully saturated rings. The molecule has 1 heterocycles. The second-order valence-corrected chi connectivity index (χ2v) is 2.29. The molecule has 1 aromatic heterocycles. The predicted molar refractivity (Wildman–Crippen MR) is 42.8 cm³/mol. The number of hydrogen-bond acceptors (Lipinski definition) is 3. The van der Waals surface area contributed by atoms with E-state index in [-0.39, 0.29) is 12.2 Å². The lowest BCUT2D eigenvalue weighted by atomic mass is 10.4. The Bertz CT molecular complexity index is 356. The summed E-state index contributed by atoms with van der Waals surface area (Å²) in [6, 6.07) is 2.96. The summed E-state index contributed by atoms with van der Waals surface area (Å²) in [5, 5.41) is 8.38. The van der Waals surface area contributed by atoms with Crippen LogP contribution < -0.4 is 11.3 Å². The lowest BCUT2D eigenvalue weighted by Crippen LogP contribution is -2.25. The number of nitrogens with zero attached hydrogens (tertiary/aromatic N) is 1. The van der Waals surface area contributed by atoms with E-state index in [0.717, 1.165) is 4.57 Å². The highest BCUT2D eigenvalue weighted by molar-refractivity contribution is 5.66. The number of nitrogen functional groups attached to an aromatic ring is 1. The van der Waals surface area contributed by atoms with Gasteiger partial charge in [0.1, 0.15) is 6.54 Å². The maximum Gasteiger partial charge on any atom is 0.323 e. The van der Waals surface area contributed by atoms with Gasteiger partial charge in [0.15, 0.2) is 0 Å². The van der Waals surface area contributed by atoms with E-state index in [1.807, 2.05) is 0 Å². The highest BCUT2D eigenvalue weighted by Crippen LogP contribution is 1.91. The van der Waals surface area contributed by atoms with E-state index in [1.54, 1.807) is 0 Å². The molecular formula is C7H8N2O3. The fourth-order valence-corrected chi connectivity index (χ4v) is 0.826. The Kier molecular flexibility index (Phi) is 2.14. The Morgan fingerprint density at radius 1 is 1.67 bits per heavy atom. The third-order valence-corrected chi connectivity index (χ3v) is 1.36. The van der Waals surface area contributed by atoms with Gasteiger partial charge in [0.25, 0.3) is 5.56 Å². The SMILES string of the molecule is Nc1cccn(CC(=O)O)c1=O. The van der Waals surface area contributed by atoms with Gasteiger partial charge in [-0.3, -0.25) is 9.59 Å². The minimum atomic E-state index is -1.07. The number of anilines is 1. The molecule has 0 saturated carbocycles. The lowest BCUT2D eigenvalue weighted by Gasteiger charge is -2.01. The van der Waals surface area contributed by atoms with Gasteiger partial charge in [0.05, 0.1) is 5.69 Å². The van der Waals surface area contributed by atoms with Crippen LogP contribution in [0.5, 0.6) is 0 Å².